The molecule has 0 aliphatic heterocycles. The Morgan fingerprint density at radius 3 is 2.73 bits per heavy atom. The summed E-state index contributed by atoms with van der Waals surface area (Å²) in [6.07, 6.45) is 5.33. The third kappa shape index (κ3) is 4.58. The van der Waals surface area contributed by atoms with Crippen LogP contribution in [0.25, 0.3) is 0 Å². The Balaban J connectivity index is 1.98. The van der Waals surface area contributed by atoms with Crippen LogP contribution in [-0.4, -0.2) is 32.0 Å². The van der Waals surface area contributed by atoms with Gasteiger partial charge >= 0.3 is 6.03 Å². The minimum atomic E-state index is -0.0950. The molecule has 0 aromatic carbocycles. The molecule has 6 nitrogen and oxygen atoms in total. The molecule has 0 aliphatic carbocycles. The molecule has 0 radical (unpaired) electrons. The predicted molar refractivity (Wildman–Crippen MR) is 84.9 cm³/mol. The second-order valence-electron chi connectivity index (χ2n) is 5.71. The molecule has 2 aromatic rings. The quantitative estimate of drug-likeness (QED) is 0.889. The van der Waals surface area contributed by atoms with Crippen LogP contribution in [0, 0.1) is 5.92 Å². The molecule has 0 saturated heterocycles. The van der Waals surface area contributed by atoms with Crippen molar-refractivity contribution >= 4 is 6.03 Å². The predicted octanol–water partition coefficient (Wildman–Crippen LogP) is 2.18. The molecule has 0 atom stereocenters. The molecule has 0 saturated carbocycles. The molecule has 2 rings (SSSR count). The van der Waals surface area contributed by atoms with Gasteiger partial charge in [0.2, 0.25) is 0 Å². The molecule has 0 fully saturated rings. The van der Waals surface area contributed by atoms with Gasteiger partial charge in [0.1, 0.15) is 5.82 Å². The smallest absolute Gasteiger partial charge is 0.318 e. The Hall–Kier alpha value is -2.37. The van der Waals surface area contributed by atoms with E-state index >= 15 is 0 Å². The first-order valence-electron chi connectivity index (χ1n) is 7.45. The van der Waals surface area contributed by atoms with Crippen molar-refractivity contribution in [3.63, 3.8) is 0 Å². The topological polar surface area (TPSA) is 63.1 Å². The number of nitrogens with zero attached hydrogens (tertiary/aromatic N) is 4. The summed E-state index contributed by atoms with van der Waals surface area (Å²) in [6.45, 7) is 5.79. The van der Waals surface area contributed by atoms with Gasteiger partial charge in [0.15, 0.2) is 0 Å². The third-order valence-corrected chi connectivity index (χ3v) is 3.27. The number of imidazole rings is 1. The van der Waals surface area contributed by atoms with Crippen LogP contribution in [0.3, 0.4) is 0 Å². The zero-order valence-corrected chi connectivity index (χ0v) is 13.4. The minimum Gasteiger partial charge on any atom is -0.337 e. The summed E-state index contributed by atoms with van der Waals surface area (Å²) in [4.78, 5) is 22.7. The lowest BCUT2D eigenvalue weighted by atomic mass is 10.2. The first-order chi connectivity index (χ1) is 10.6. The standard InChI is InChI=1S/C16H23N5O/c1-13(2)11-21(12-14-6-4-5-7-17-14)16(22)19-10-15-18-8-9-20(15)3/h4-9,13H,10-12H2,1-3H3,(H,19,22). The summed E-state index contributed by atoms with van der Waals surface area (Å²) in [7, 11) is 1.91. The molecule has 0 bridgehead atoms. The van der Waals surface area contributed by atoms with E-state index in [1.165, 1.54) is 0 Å². The van der Waals surface area contributed by atoms with Crippen molar-refractivity contribution < 1.29 is 4.79 Å². The number of pyridine rings is 1. The van der Waals surface area contributed by atoms with Crippen molar-refractivity contribution in [1.82, 2.24) is 24.8 Å². The Labute approximate surface area is 131 Å². The van der Waals surface area contributed by atoms with E-state index in [9.17, 15) is 4.79 Å². The summed E-state index contributed by atoms with van der Waals surface area (Å²) in [5.74, 6) is 1.22. The number of amides is 2. The van der Waals surface area contributed by atoms with Crippen LogP contribution in [0.1, 0.15) is 25.4 Å². The summed E-state index contributed by atoms with van der Waals surface area (Å²) in [6, 6.07) is 5.64. The number of aromatic nitrogens is 3. The van der Waals surface area contributed by atoms with Crippen molar-refractivity contribution in [2.75, 3.05) is 6.54 Å². The number of nitrogens with one attached hydrogen (secondary N) is 1. The Bertz CT molecular complexity index is 594. The molecular formula is C16H23N5O. The average molecular weight is 301 g/mol. The molecule has 0 aliphatic rings. The molecule has 0 spiro atoms. The molecule has 1 N–H and O–H groups in total. The van der Waals surface area contributed by atoms with E-state index in [1.807, 2.05) is 36.0 Å². The first kappa shape index (κ1) is 16.0. The van der Waals surface area contributed by atoms with E-state index in [0.717, 1.165) is 11.5 Å². The minimum absolute atomic E-state index is 0.0950. The zero-order valence-electron chi connectivity index (χ0n) is 13.4. The number of rotatable bonds is 6. The lowest BCUT2D eigenvalue weighted by Crippen LogP contribution is -2.41. The van der Waals surface area contributed by atoms with E-state index in [4.69, 9.17) is 0 Å². The van der Waals surface area contributed by atoms with Gasteiger partial charge < -0.3 is 14.8 Å². The van der Waals surface area contributed by atoms with Gasteiger partial charge in [0, 0.05) is 32.2 Å². The number of hydrogen-bond acceptors (Lipinski definition) is 3. The highest BCUT2D eigenvalue weighted by Gasteiger charge is 2.16. The van der Waals surface area contributed by atoms with Gasteiger partial charge in [-0.2, -0.15) is 0 Å². The lowest BCUT2D eigenvalue weighted by molar-refractivity contribution is 0.186. The summed E-state index contributed by atoms with van der Waals surface area (Å²) in [5, 5.41) is 2.93. The maximum absolute atomic E-state index is 12.4. The van der Waals surface area contributed by atoms with Gasteiger partial charge in [0.05, 0.1) is 18.8 Å². The van der Waals surface area contributed by atoms with Crippen molar-refractivity contribution in [3.05, 3.63) is 48.3 Å². The molecular weight excluding hydrogens is 278 g/mol. The second-order valence-corrected chi connectivity index (χ2v) is 5.71. The fraction of sp³-hybridized carbons (Fsp3) is 0.438. The number of hydrogen-bond donors (Lipinski definition) is 1. The van der Waals surface area contributed by atoms with Crippen LogP contribution < -0.4 is 5.32 Å². The van der Waals surface area contributed by atoms with Gasteiger partial charge in [-0.25, -0.2) is 9.78 Å². The maximum Gasteiger partial charge on any atom is 0.318 e. The van der Waals surface area contributed by atoms with Gasteiger partial charge in [-0.05, 0) is 18.1 Å². The maximum atomic E-state index is 12.4. The Morgan fingerprint density at radius 2 is 2.14 bits per heavy atom. The van der Waals surface area contributed by atoms with Crippen LogP contribution in [0.5, 0.6) is 0 Å². The van der Waals surface area contributed by atoms with E-state index in [0.29, 0.717) is 25.6 Å². The fourth-order valence-corrected chi connectivity index (χ4v) is 2.18. The monoisotopic (exact) mass is 301 g/mol. The van der Waals surface area contributed by atoms with Crippen molar-refractivity contribution in [3.8, 4) is 0 Å². The Kier molecular flexibility index (Phi) is 5.52. The molecule has 118 valence electrons. The van der Waals surface area contributed by atoms with Crippen LogP contribution in [-0.2, 0) is 20.1 Å². The van der Waals surface area contributed by atoms with Crippen molar-refractivity contribution in [2.24, 2.45) is 13.0 Å². The molecule has 2 heterocycles. The van der Waals surface area contributed by atoms with E-state index < -0.39 is 0 Å². The Morgan fingerprint density at radius 1 is 1.32 bits per heavy atom. The normalized spacial score (nSPS) is 10.7. The highest BCUT2D eigenvalue weighted by atomic mass is 16.2. The number of aryl methyl sites for hydroxylation is 1. The molecule has 2 aromatic heterocycles. The largest absolute Gasteiger partial charge is 0.337 e. The van der Waals surface area contributed by atoms with Gasteiger partial charge in [-0.1, -0.05) is 19.9 Å². The molecule has 22 heavy (non-hydrogen) atoms. The van der Waals surface area contributed by atoms with E-state index in [2.05, 4.69) is 29.1 Å². The lowest BCUT2D eigenvalue weighted by Gasteiger charge is -2.24. The summed E-state index contributed by atoms with van der Waals surface area (Å²) < 4.78 is 1.89. The van der Waals surface area contributed by atoms with Gasteiger partial charge in [-0.3, -0.25) is 4.98 Å². The first-order valence-corrected chi connectivity index (χ1v) is 7.45. The highest BCUT2D eigenvalue weighted by molar-refractivity contribution is 5.74. The summed E-state index contributed by atoms with van der Waals surface area (Å²) in [5.41, 5.74) is 0.885. The third-order valence-electron chi connectivity index (χ3n) is 3.27. The zero-order chi connectivity index (χ0) is 15.9. The summed E-state index contributed by atoms with van der Waals surface area (Å²) >= 11 is 0. The molecule has 2 amide bonds. The number of carbonyl (C=O) groups is 1. The average Bonchev–Trinajstić information content (AvgIpc) is 2.90. The highest BCUT2D eigenvalue weighted by Crippen LogP contribution is 2.06. The van der Waals surface area contributed by atoms with Gasteiger partial charge in [0.25, 0.3) is 0 Å². The number of urea groups is 1. The molecule has 0 unspecified atom stereocenters. The van der Waals surface area contributed by atoms with Crippen molar-refractivity contribution in [2.45, 2.75) is 26.9 Å². The van der Waals surface area contributed by atoms with Gasteiger partial charge in [-0.15, -0.1) is 0 Å². The second kappa shape index (κ2) is 7.59. The van der Waals surface area contributed by atoms with Crippen LogP contribution in [0.15, 0.2) is 36.8 Å². The van der Waals surface area contributed by atoms with Crippen molar-refractivity contribution in [1.29, 1.82) is 0 Å². The van der Waals surface area contributed by atoms with Crippen LogP contribution in [0.2, 0.25) is 0 Å². The SMILES string of the molecule is CC(C)CN(Cc1ccccn1)C(=O)NCc1nccn1C. The van der Waals surface area contributed by atoms with E-state index in [1.54, 1.807) is 17.3 Å². The molecule has 6 heteroatoms. The van der Waals surface area contributed by atoms with E-state index in [-0.39, 0.29) is 6.03 Å². The fourth-order valence-electron chi connectivity index (χ4n) is 2.18. The van der Waals surface area contributed by atoms with Crippen LogP contribution in [0.4, 0.5) is 4.79 Å². The number of carbonyl (C=O) groups excluding carboxylic acids is 1. The van der Waals surface area contributed by atoms with Crippen LogP contribution >= 0.6 is 0 Å².